The Morgan fingerprint density at radius 3 is 2.44 bits per heavy atom. The Labute approximate surface area is 164 Å². The summed E-state index contributed by atoms with van der Waals surface area (Å²) in [5.74, 6) is 0.0829. The minimum Gasteiger partial charge on any atom is -0.339 e. The summed E-state index contributed by atoms with van der Waals surface area (Å²) >= 11 is 5.99. The highest BCUT2D eigenvalue weighted by Crippen LogP contribution is 2.21. The van der Waals surface area contributed by atoms with Gasteiger partial charge in [-0.2, -0.15) is 0 Å². The fourth-order valence-electron chi connectivity index (χ4n) is 3.19. The van der Waals surface area contributed by atoms with Crippen molar-refractivity contribution in [1.29, 1.82) is 0 Å². The van der Waals surface area contributed by atoms with Gasteiger partial charge in [-0.1, -0.05) is 30.7 Å². The predicted molar refractivity (Wildman–Crippen MR) is 108 cm³/mol. The lowest BCUT2D eigenvalue weighted by Gasteiger charge is -2.15. The largest absolute Gasteiger partial charge is 0.339 e. The Hall–Kier alpha value is -2.53. The fourth-order valence-corrected chi connectivity index (χ4v) is 3.39. The van der Waals surface area contributed by atoms with Gasteiger partial charge >= 0.3 is 6.03 Å². The number of likely N-dealkylation sites (tertiary alicyclic amines) is 1. The number of halogens is 1. The SMILES string of the molecule is CCc1cc(Cl)ccc1NC(=O)NCc1ccc(C(=O)N2CCCC2)cc1. The molecule has 0 radical (unpaired) electrons. The summed E-state index contributed by atoms with van der Waals surface area (Å²) in [6.45, 7) is 4.08. The van der Waals surface area contributed by atoms with Crippen molar-refractivity contribution in [2.75, 3.05) is 18.4 Å². The summed E-state index contributed by atoms with van der Waals surface area (Å²) in [7, 11) is 0. The van der Waals surface area contributed by atoms with Crippen LogP contribution in [0.1, 0.15) is 41.3 Å². The number of urea groups is 1. The molecule has 0 aromatic heterocycles. The number of nitrogens with zero attached hydrogens (tertiary/aromatic N) is 1. The second-order valence-corrected chi connectivity index (χ2v) is 7.10. The van der Waals surface area contributed by atoms with Gasteiger partial charge in [0.2, 0.25) is 0 Å². The molecule has 0 atom stereocenters. The quantitative estimate of drug-likeness (QED) is 0.798. The number of nitrogens with one attached hydrogen (secondary N) is 2. The minimum atomic E-state index is -0.274. The van der Waals surface area contributed by atoms with Crippen molar-refractivity contribution < 1.29 is 9.59 Å². The van der Waals surface area contributed by atoms with Crippen molar-refractivity contribution >= 4 is 29.2 Å². The van der Waals surface area contributed by atoms with E-state index in [9.17, 15) is 9.59 Å². The third-order valence-electron chi connectivity index (χ3n) is 4.74. The molecule has 1 aliphatic rings. The fraction of sp³-hybridized carbons (Fsp3) is 0.333. The molecule has 0 saturated carbocycles. The van der Waals surface area contributed by atoms with E-state index in [0.29, 0.717) is 17.1 Å². The molecule has 1 aliphatic heterocycles. The van der Waals surface area contributed by atoms with Crippen molar-refractivity contribution in [1.82, 2.24) is 10.2 Å². The summed E-state index contributed by atoms with van der Waals surface area (Å²) in [4.78, 5) is 26.4. The molecule has 6 heteroatoms. The Morgan fingerprint density at radius 1 is 1.07 bits per heavy atom. The topological polar surface area (TPSA) is 61.4 Å². The van der Waals surface area contributed by atoms with E-state index >= 15 is 0 Å². The summed E-state index contributed by atoms with van der Waals surface area (Å²) < 4.78 is 0. The van der Waals surface area contributed by atoms with E-state index in [1.54, 1.807) is 12.1 Å². The number of amides is 3. The van der Waals surface area contributed by atoms with Gasteiger partial charge in [-0.05, 0) is 60.7 Å². The lowest BCUT2D eigenvalue weighted by atomic mass is 10.1. The molecule has 2 N–H and O–H groups in total. The zero-order valence-corrected chi connectivity index (χ0v) is 16.2. The molecule has 0 unspecified atom stereocenters. The lowest BCUT2D eigenvalue weighted by molar-refractivity contribution is 0.0793. The maximum Gasteiger partial charge on any atom is 0.319 e. The van der Waals surface area contributed by atoms with Crippen LogP contribution in [0.4, 0.5) is 10.5 Å². The molecular weight excluding hydrogens is 362 g/mol. The second-order valence-electron chi connectivity index (χ2n) is 6.66. The molecule has 2 aromatic rings. The maximum absolute atomic E-state index is 12.3. The summed E-state index contributed by atoms with van der Waals surface area (Å²) in [5, 5.41) is 6.35. The van der Waals surface area contributed by atoms with Crippen LogP contribution in [-0.4, -0.2) is 29.9 Å². The molecular formula is C21H24ClN3O2. The second kappa shape index (κ2) is 8.91. The van der Waals surface area contributed by atoms with Gasteiger partial charge in [0.05, 0.1) is 0 Å². The molecule has 1 fully saturated rings. The average molecular weight is 386 g/mol. The van der Waals surface area contributed by atoms with Crippen LogP contribution in [0.5, 0.6) is 0 Å². The molecule has 1 heterocycles. The first kappa shape index (κ1) is 19.2. The standard InChI is InChI=1S/C21H24ClN3O2/c1-2-16-13-18(22)9-10-19(16)24-21(27)23-14-15-5-7-17(8-6-15)20(26)25-11-3-4-12-25/h5-10,13H,2-4,11-12,14H2,1H3,(H2,23,24,27). The van der Waals surface area contributed by atoms with Gasteiger partial charge in [0, 0.05) is 35.9 Å². The molecule has 3 amide bonds. The molecule has 0 aliphatic carbocycles. The number of anilines is 1. The number of aryl methyl sites for hydroxylation is 1. The molecule has 0 bridgehead atoms. The average Bonchev–Trinajstić information content (AvgIpc) is 3.22. The first-order chi connectivity index (χ1) is 13.1. The molecule has 3 rings (SSSR count). The summed E-state index contributed by atoms with van der Waals surface area (Å²) in [5.41, 5.74) is 3.38. The van der Waals surface area contributed by atoms with E-state index < -0.39 is 0 Å². The van der Waals surface area contributed by atoms with E-state index in [4.69, 9.17) is 11.6 Å². The van der Waals surface area contributed by atoms with E-state index in [0.717, 1.165) is 49.2 Å². The van der Waals surface area contributed by atoms with Crippen LogP contribution in [0.2, 0.25) is 5.02 Å². The Bertz CT molecular complexity index is 815. The molecule has 1 saturated heterocycles. The van der Waals surface area contributed by atoms with E-state index in [2.05, 4.69) is 10.6 Å². The zero-order valence-electron chi connectivity index (χ0n) is 15.4. The first-order valence-corrected chi connectivity index (χ1v) is 9.66. The van der Waals surface area contributed by atoms with Gasteiger partial charge in [-0.15, -0.1) is 0 Å². The highest BCUT2D eigenvalue weighted by atomic mass is 35.5. The molecule has 142 valence electrons. The van der Waals surface area contributed by atoms with E-state index in [1.807, 2.05) is 42.2 Å². The van der Waals surface area contributed by atoms with Gasteiger partial charge in [-0.25, -0.2) is 4.79 Å². The monoisotopic (exact) mass is 385 g/mol. The minimum absolute atomic E-state index is 0.0829. The number of hydrogen-bond donors (Lipinski definition) is 2. The van der Waals surface area contributed by atoms with Gasteiger partial charge < -0.3 is 15.5 Å². The van der Waals surface area contributed by atoms with Crippen molar-refractivity contribution in [2.24, 2.45) is 0 Å². The molecule has 2 aromatic carbocycles. The third-order valence-corrected chi connectivity index (χ3v) is 4.98. The number of rotatable bonds is 5. The Balaban J connectivity index is 1.54. The summed E-state index contributed by atoms with van der Waals surface area (Å²) in [6.07, 6.45) is 2.94. The van der Waals surface area contributed by atoms with Crippen LogP contribution in [0.25, 0.3) is 0 Å². The summed E-state index contributed by atoms with van der Waals surface area (Å²) in [6, 6.07) is 12.5. The maximum atomic E-state index is 12.3. The number of carbonyl (C=O) groups excluding carboxylic acids is 2. The Morgan fingerprint density at radius 2 is 1.78 bits per heavy atom. The van der Waals surface area contributed by atoms with Crippen LogP contribution in [0, 0.1) is 0 Å². The smallest absolute Gasteiger partial charge is 0.319 e. The van der Waals surface area contributed by atoms with Crippen LogP contribution in [-0.2, 0) is 13.0 Å². The number of hydrogen-bond acceptors (Lipinski definition) is 2. The van der Waals surface area contributed by atoms with Crippen LogP contribution >= 0.6 is 11.6 Å². The van der Waals surface area contributed by atoms with Gasteiger partial charge in [0.15, 0.2) is 0 Å². The highest BCUT2D eigenvalue weighted by molar-refractivity contribution is 6.30. The van der Waals surface area contributed by atoms with E-state index in [-0.39, 0.29) is 11.9 Å². The van der Waals surface area contributed by atoms with Crippen LogP contribution in [0.3, 0.4) is 0 Å². The van der Waals surface area contributed by atoms with Gasteiger partial charge in [0.25, 0.3) is 5.91 Å². The highest BCUT2D eigenvalue weighted by Gasteiger charge is 2.19. The first-order valence-electron chi connectivity index (χ1n) is 9.28. The van der Waals surface area contributed by atoms with E-state index in [1.165, 1.54) is 0 Å². The van der Waals surface area contributed by atoms with Crippen molar-refractivity contribution in [2.45, 2.75) is 32.7 Å². The van der Waals surface area contributed by atoms with Crippen LogP contribution < -0.4 is 10.6 Å². The van der Waals surface area contributed by atoms with Gasteiger partial charge in [0.1, 0.15) is 0 Å². The molecule has 5 nitrogen and oxygen atoms in total. The number of carbonyl (C=O) groups is 2. The number of benzene rings is 2. The zero-order chi connectivity index (χ0) is 19.2. The normalized spacial score (nSPS) is 13.5. The van der Waals surface area contributed by atoms with Crippen LogP contribution in [0.15, 0.2) is 42.5 Å². The molecule has 27 heavy (non-hydrogen) atoms. The lowest BCUT2D eigenvalue weighted by Crippen LogP contribution is -2.29. The van der Waals surface area contributed by atoms with Gasteiger partial charge in [-0.3, -0.25) is 4.79 Å². The predicted octanol–water partition coefficient (Wildman–Crippen LogP) is 4.46. The Kier molecular flexibility index (Phi) is 6.35. The molecule has 0 spiro atoms. The third kappa shape index (κ3) is 5.01. The van der Waals surface area contributed by atoms with Crippen molar-refractivity contribution in [3.05, 3.63) is 64.2 Å². The van der Waals surface area contributed by atoms with Crippen molar-refractivity contribution in [3.63, 3.8) is 0 Å². The van der Waals surface area contributed by atoms with Crippen molar-refractivity contribution in [3.8, 4) is 0 Å².